The van der Waals surface area contributed by atoms with E-state index in [1.54, 1.807) is 0 Å². The van der Waals surface area contributed by atoms with Crippen LogP contribution in [0.2, 0.25) is 0 Å². The molecule has 0 aliphatic carbocycles. The average molecular weight is 499 g/mol. The van der Waals surface area contributed by atoms with E-state index in [1.165, 1.54) is 12.8 Å². The van der Waals surface area contributed by atoms with Gasteiger partial charge in [0.15, 0.2) is 0 Å². The number of carbonyl (C=O) groups is 2. The van der Waals surface area contributed by atoms with Crippen molar-refractivity contribution in [1.82, 2.24) is 15.5 Å². The zero-order chi connectivity index (χ0) is 25.8. The number of amides is 2. The number of likely N-dealkylation sites (tertiary alicyclic amines) is 1. The Morgan fingerprint density at radius 1 is 1.03 bits per heavy atom. The second kappa shape index (κ2) is 11.4. The number of nitrogens with zero attached hydrogens (tertiary/aromatic N) is 1. The van der Waals surface area contributed by atoms with E-state index in [0.29, 0.717) is 17.3 Å². The highest BCUT2D eigenvalue weighted by molar-refractivity contribution is 6.00. The molecule has 6 heteroatoms. The number of hydrogen-bond donors (Lipinski definition) is 3. The molecule has 3 aromatic rings. The Kier molecular flexibility index (Phi) is 7.87. The number of piperidine rings is 1. The van der Waals surface area contributed by atoms with Gasteiger partial charge in [-0.05, 0) is 86.7 Å². The molecule has 5 rings (SSSR count). The van der Waals surface area contributed by atoms with Gasteiger partial charge in [0.1, 0.15) is 0 Å². The molecule has 6 nitrogen and oxygen atoms in total. The zero-order valence-electron chi connectivity index (χ0n) is 21.9. The van der Waals surface area contributed by atoms with Gasteiger partial charge in [-0.15, -0.1) is 0 Å². The predicted octanol–water partition coefficient (Wildman–Crippen LogP) is 5.18. The second-order valence-corrected chi connectivity index (χ2v) is 10.6. The molecule has 0 bridgehead atoms. The van der Waals surface area contributed by atoms with E-state index in [0.717, 1.165) is 60.8 Å². The highest BCUT2D eigenvalue weighted by atomic mass is 16.2. The predicted molar refractivity (Wildman–Crippen MR) is 150 cm³/mol. The molecule has 194 valence electrons. The number of nitrogens with one attached hydrogen (secondary N) is 3. The van der Waals surface area contributed by atoms with Crippen LogP contribution in [-0.4, -0.2) is 48.4 Å². The maximum Gasteiger partial charge on any atom is 0.252 e. The molecule has 2 fully saturated rings. The first-order valence-corrected chi connectivity index (χ1v) is 13.7. The largest absolute Gasteiger partial charge is 0.345 e. The normalized spacial score (nSPS) is 21.0. The van der Waals surface area contributed by atoms with Crippen LogP contribution in [0.5, 0.6) is 0 Å². The first-order valence-electron chi connectivity index (χ1n) is 13.7. The highest BCUT2D eigenvalue weighted by Gasteiger charge is 2.31. The maximum absolute atomic E-state index is 13.3. The van der Waals surface area contributed by atoms with Gasteiger partial charge in [0.05, 0.1) is 12.1 Å². The SMILES string of the molecule is Cc1ccc(NC(=O)[C@H]2CCCCN2C[C@H]2CCCN2)cc1C(=O)N[C@H](C)c1cccc2ccccc12. The van der Waals surface area contributed by atoms with Crippen molar-refractivity contribution >= 4 is 28.3 Å². The molecular formula is C31H38N4O2. The summed E-state index contributed by atoms with van der Waals surface area (Å²) in [4.78, 5) is 29.0. The summed E-state index contributed by atoms with van der Waals surface area (Å²) in [5.74, 6) is -0.113. The molecule has 2 heterocycles. The van der Waals surface area contributed by atoms with Crippen molar-refractivity contribution in [3.63, 3.8) is 0 Å². The summed E-state index contributed by atoms with van der Waals surface area (Å²) >= 11 is 0. The number of rotatable bonds is 7. The van der Waals surface area contributed by atoms with Crippen molar-refractivity contribution in [3.05, 3.63) is 77.4 Å². The third kappa shape index (κ3) is 5.86. The van der Waals surface area contributed by atoms with Crippen LogP contribution < -0.4 is 16.0 Å². The first kappa shape index (κ1) is 25.4. The quantitative estimate of drug-likeness (QED) is 0.420. The zero-order valence-corrected chi connectivity index (χ0v) is 21.9. The lowest BCUT2D eigenvalue weighted by molar-refractivity contribution is -0.122. The number of carbonyl (C=O) groups excluding carboxylic acids is 2. The van der Waals surface area contributed by atoms with Crippen LogP contribution in [0.25, 0.3) is 10.8 Å². The van der Waals surface area contributed by atoms with Crippen LogP contribution in [0, 0.1) is 6.92 Å². The van der Waals surface area contributed by atoms with Crippen molar-refractivity contribution in [3.8, 4) is 0 Å². The molecule has 2 amide bonds. The molecule has 2 saturated heterocycles. The fourth-order valence-corrected chi connectivity index (χ4v) is 5.85. The fraction of sp³-hybridized carbons (Fsp3) is 0.419. The topological polar surface area (TPSA) is 73.5 Å². The van der Waals surface area contributed by atoms with E-state index in [-0.39, 0.29) is 23.9 Å². The Bertz CT molecular complexity index is 1260. The summed E-state index contributed by atoms with van der Waals surface area (Å²) in [5, 5.41) is 12.1. The number of benzene rings is 3. The molecule has 0 aromatic heterocycles. The highest BCUT2D eigenvalue weighted by Crippen LogP contribution is 2.26. The molecule has 2 aliphatic rings. The minimum atomic E-state index is -0.156. The minimum absolute atomic E-state index is 0.0250. The van der Waals surface area contributed by atoms with Gasteiger partial charge in [-0.2, -0.15) is 0 Å². The van der Waals surface area contributed by atoms with Crippen molar-refractivity contribution < 1.29 is 9.59 Å². The summed E-state index contributed by atoms with van der Waals surface area (Å²) in [7, 11) is 0. The maximum atomic E-state index is 13.3. The van der Waals surface area contributed by atoms with Gasteiger partial charge in [0, 0.05) is 23.8 Å². The van der Waals surface area contributed by atoms with Crippen LogP contribution in [0.4, 0.5) is 5.69 Å². The summed E-state index contributed by atoms with van der Waals surface area (Å²) < 4.78 is 0. The Morgan fingerprint density at radius 3 is 2.70 bits per heavy atom. The number of aryl methyl sites for hydroxylation is 1. The smallest absolute Gasteiger partial charge is 0.252 e. The molecular weight excluding hydrogens is 460 g/mol. The van der Waals surface area contributed by atoms with Crippen molar-refractivity contribution in [2.24, 2.45) is 0 Å². The van der Waals surface area contributed by atoms with E-state index >= 15 is 0 Å². The molecule has 0 unspecified atom stereocenters. The van der Waals surface area contributed by atoms with Gasteiger partial charge in [-0.25, -0.2) is 0 Å². The van der Waals surface area contributed by atoms with Crippen molar-refractivity contribution in [2.45, 2.75) is 64.1 Å². The lowest BCUT2D eigenvalue weighted by Crippen LogP contribution is -2.51. The summed E-state index contributed by atoms with van der Waals surface area (Å²) in [6.45, 7) is 6.90. The van der Waals surface area contributed by atoms with E-state index in [4.69, 9.17) is 0 Å². The van der Waals surface area contributed by atoms with Crippen LogP contribution in [-0.2, 0) is 4.79 Å². The Morgan fingerprint density at radius 2 is 1.86 bits per heavy atom. The Balaban J connectivity index is 1.28. The lowest BCUT2D eigenvalue weighted by Gasteiger charge is -2.36. The van der Waals surface area contributed by atoms with Crippen LogP contribution in [0.15, 0.2) is 60.7 Å². The minimum Gasteiger partial charge on any atom is -0.345 e. The molecule has 3 N–H and O–H groups in total. The Hall–Kier alpha value is -3.22. The van der Waals surface area contributed by atoms with Gasteiger partial charge >= 0.3 is 0 Å². The number of fused-ring (bicyclic) bond motifs is 1. The third-order valence-corrected chi connectivity index (χ3v) is 7.92. The van der Waals surface area contributed by atoms with E-state index < -0.39 is 0 Å². The summed E-state index contributed by atoms with van der Waals surface area (Å²) in [6.07, 6.45) is 5.47. The van der Waals surface area contributed by atoms with Gasteiger partial charge in [-0.1, -0.05) is 55.0 Å². The monoisotopic (exact) mass is 498 g/mol. The summed E-state index contributed by atoms with van der Waals surface area (Å²) in [6, 6.07) is 20.2. The second-order valence-electron chi connectivity index (χ2n) is 10.6. The number of hydrogen-bond acceptors (Lipinski definition) is 4. The summed E-state index contributed by atoms with van der Waals surface area (Å²) in [5.41, 5.74) is 3.22. The first-order chi connectivity index (χ1) is 18.0. The van der Waals surface area contributed by atoms with Crippen LogP contribution in [0.3, 0.4) is 0 Å². The number of anilines is 1. The lowest BCUT2D eigenvalue weighted by atomic mass is 9.99. The van der Waals surface area contributed by atoms with Gasteiger partial charge in [-0.3, -0.25) is 14.5 Å². The molecule has 2 aliphatic heterocycles. The standard InChI is InChI=1S/C31H38N4O2/c1-21-15-16-24(34-31(37)29-14-5-6-18-35(29)20-25-11-8-17-32-25)19-28(21)30(36)33-22(2)26-13-7-10-23-9-3-4-12-27(23)26/h3-4,7,9-10,12-13,15-16,19,22,25,29,32H,5-6,8,11,14,17-18,20H2,1-2H3,(H,33,36)(H,34,37)/t22-,25-,29-/m1/s1. The Labute approximate surface area is 219 Å². The molecule has 0 spiro atoms. The molecule has 0 radical (unpaired) electrons. The van der Waals surface area contributed by atoms with E-state index in [1.807, 2.05) is 50.2 Å². The van der Waals surface area contributed by atoms with Crippen LogP contribution >= 0.6 is 0 Å². The van der Waals surface area contributed by atoms with Crippen LogP contribution in [0.1, 0.15) is 66.6 Å². The average Bonchev–Trinajstić information content (AvgIpc) is 3.42. The van der Waals surface area contributed by atoms with Gasteiger partial charge < -0.3 is 16.0 Å². The molecule has 0 saturated carbocycles. The van der Waals surface area contributed by atoms with Crippen molar-refractivity contribution in [1.29, 1.82) is 0 Å². The van der Waals surface area contributed by atoms with Gasteiger partial charge in [0.25, 0.3) is 5.91 Å². The van der Waals surface area contributed by atoms with E-state index in [9.17, 15) is 9.59 Å². The van der Waals surface area contributed by atoms with Crippen molar-refractivity contribution in [2.75, 3.05) is 25.0 Å². The fourth-order valence-electron chi connectivity index (χ4n) is 5.85. The molecule has 3 aromatic carbocycles. The van der Waals surface area contributed by atoms with Gasteiger partial charge in [0.2, 0.25) is 5.91 Å². The molecule has 37 heavy (non-hydrogen) atoms. The van der Waals surface area contributed by atoms with E-state index in [2.05, 4.69) is 45.1 Å². The third-order valence-electron chi connectivity index (χ3n) is 7.92. The molecule has 3 atom stereocenters.